The largest absolute Gasteiger partial charge is 0.454 e. The Labute approximate surface area is 159 Å². The van der Waals surface area contributed by atoms with Gasteiger partial charge in [0.1, 0.15) is 0 Å². The summed E-state index contributed by atoms with van der Waals surface area (Å²) in [4.78, 5) is 15.0. The maximum absolute atomic E-state index is 13.1. The highest BCUT2D eigenvalue weighted by Crippen LogP contribution is 2.36. The predicted octanol–water partition coefficient (Wildman–Crippen LogP) is 3.51. The zero-order chi connectivity index (χ0) is 18.6. The first-order chi connectivity index (χ1) is 13.2. The van der Waals surface area contributed by atoms with Gasteiger partial charge < -0.3 is 19.1 Å². The van der Waals surface area contributed by atoms with Gasteiger partial charge in [-0.25, -0.2) is 0 Å². The van der Waals surface area contributed by atoms with Crippen molar-refractivity contribution in [3.63, 3.8) is 0 Å². The lowest BCUT2D eigenvalue weighted by Crippen LogP contribution is -2.34. The number of rotatable bonds is 7. The van der Waals surface area contributed by atoms with Gasteiger partial charge in [-0.3, -0.25) is 4.79 Å². The van der Waals surface area contributed by atoms with Gasteiger partial charge in [0.25, 0.3) is 0 Å². The van der Waals surface area contributed by atoms with Gasteiger partial charge >= 0.3 is 0 Å². The first kappa shape index (κ1) is 17.9. The molecule has 2 aliphatic rings. The number of ether oxygens (including phenoxy) is 3. The molecule has 1 aliphatic heterocycles. The zero-order valence-corrected chi connectivity index (χ0v) is 15.6. The van der Waals surface area contributed by atoms with Gasteiger partial charge in [0.15, 0.2) is 11.5 Å². The van der Waals surface area contributed by atoms with Crippen LogP contribution in [-0.2, 0) is 22.5 Å². The smallest absolute Gasteiger partial charge is 0.231 e. The molecule has 0 radical (unpaired) electrons. The molecule has 2 aromatic rings. The Morgan fingerprint density at radius 1 is 1.19 bits per heavy atom. The summed E-state index contributed by atoms with van der Waals surface area (Å²) in [6.07, 6.45) is 2.66. The van der Waals surface area contributed by atoms with Crippen LogP contribution in [0.4, 0.5) is 0 Å². The molecule has 0 aromatic heterocycles. The summed E-state index contributed by atoms with van der Waals surface area (Å²) < 4.78 is 16.1. The second-order valence-electron chi connectivity index (χ2n) is 7.13. The number of carbonyl (C=O) groups excluding carboxylic acids is 1. The highest BCUT2D eigenvalue weighted by Gasteiger charge is 2.26. The van der Waals surface area contributed by atoms with Gasteiger partial charge in [0, 0.05) is 26.6 Å². The van der Waals surface area contributed by atoms with Crippen molar-refractivity contribution in [2.45, 2.75) is 31.7 Å². The number of hydrogen-bond acceptors (Lipinski definition) is 4. The lowest BCUT2D eigenvalue weighted by molar-refractivity contribution is -0.132. The lowest BCUT2D eigenvalue weighted by atomic mass is 9.97. The lowest BCUT2D eigenvalue weighted by Gasteiger charge is -2.24. The highest BCUT2D eigenvalue weighted by atomic mass is 16.7. The quantitative estimate of drug-likeness (QED) is 0.751. The predicted molar refractivity (Wildman–Crippen MR) is 102 cm³/mol. The minimum absolute atomic E-state index is 0.173. The van der Waals surface area contributed by atoms with E-state index in [0.29, 0.717) is 32.0 Å². The Morgan fingerprint density at radius 3 is 2.93 bits per heavy atom. The van der Waals surface area contributed by atoms with Crippen molar-refractivity contribution >= 4 is 5.91 Å². The van der Waals surface area contributed by atoms with E-state index in [2.05, 4.69) is 24.3 Å². The van der Waals surface area contributed by atoms with E-state index in [-0.39, 0.29) is 12.7 Å². The van der Waals surface area contributed by atoms with Crippen molar-refractivity contribution in [2.24, 2.45) is 0 Å². The van der Waals surface area contributed by atoms with E-state index >= 15 is 0 Å². The third kappa shape index (κ3) is 3.93. The van der Waals surface area contributed by atoms with Crippen molar-refractivity contribution < 1.29 is 19.0 Å². The number of aryl methyl sites for hydroxylation is 1. The fraction of sp³-hybridized carbons (Fsp3) is 0.409. The third-order valence-electron chi connectivity index (χ3n) is 5.41. The Bertz CT molecular complexity index is 820. The van der Waals surface area contributed by atoms with Crippen LogP contribution >= 0.6 is 0 Å². The van der Waals surface area contributed by atoms with Gasteiger partial charge in [-0.15, -0.1) is 0 Å². The van der Waals surface area contributed by atoms with Crippen LogP contribution in [0.1, 0.15) is 35.4 Å². The molecular formula is C22H25NO4. The van der Waals surface area contributed by atoms with Gasteiger partial charge in [-0.05, 0) is 47.6 Å². The molecule has 4 rings (SSSR count). The first-order valence-electron chi connectivity index (χ1n) is 9.47. The summed E-state index contributed by atoms with van der Waals surface area (Å²) in [6, 6.07) is 14.3. The standard InChI is InChI=1S/C22H25NO4/c1-25-11-10-23(14-16-6-9-20-21(12-16)27-15-26-20)22(24)13-18-8-7-17-4-2-3-5-19(17)18/h2-6,9,12,18H,7-8,10-11,13-15H2,1H3. The number of carbonyl (C=O) groups is 1. The van der Waals surface area contributed by atoms with E-state index in [0.717, 1.165) is 29.9 Å². The maximum atomic E-state index is 13.1. The van der Waals surface area contributed by atoms with Crippen LogP contribution in [0.3, 0.4) is 0 Å². The molecule has 1 heterocycles. The molecule has 0 bridgehead atoms. The molecule has 0 fully saturated rings. The zero-order valence-electron chi connectivity index (χ0n) is 15.6. The third-order valence-corrected chi connectivity index (χ3v) is 5.41. The maximum Gasteiger partial charge on any atom is 0.231 e. The molecule has 27 heavy (non-hydrogen) atoms. The molecule has 0 saturated heterocycles. The Kier molecular flexibility index (Phi) is 5.30. The monoisotopic (exact) mass is 367 g/mol. The molecule has 1 aliphatic carbocycles. The number of fused-ring (bicyclic) bond motifs is 2. The number of nitrogens with zero attached hydrogens (tertiary/aromatic N) is 1. The second kappa shape index (κ2) is 8.01. The average molecular weight is 367 g/mol. The van der Waals surface area contributed by atoms with Crippen LogP contribution in [-0.4, -0.2) is 37.9 Å². The van der Waals surface area contributed by atoms with Gasteiger partial charge in [-0.2, -0.15) is 0 Å². The average Bonchev–Trinajstić information content (AvgIpc) is 3.32. The van der Waals surface area contributed by atoms with E-state index in [4.69, 9.17) is 14.2 Å². The molecule has 1 atom stereocenters. The fourth-order valence-electron chi connectivity index (χ4n) is 3.95. The molecule has 2 aromatic carbocycles. The molecule has 1 unspecified atom stereocenters. The SMILES string of the molecule is COCCN(Cc1ccc2c(c1)OCO2)C(=O)CC1CCc2ccccc21. The second-order valence-corrected chi connectivity index (χ2v) is 7.13. The van der Waals surface area contributed by atoms with Gasteiger partial charge in [0.05, 0.1) is 6.61 Å². The molecule has 142 valence electrons. The van der Waals surface area contributed by atoms with Crippen LogP contribution in [0.2, 0.25) is 0 Å². The summed E-state index contributed by atoms with van der Waals surface area (Å²) in [5.41, 5.74) is 3.76. The van der Waals surface area contributed by atoms with Gasteiger partial charge in [-0.1, -0.05) is 30.3 Å². The van der Waals surface area contributed by atoms with Crippen LogP contribution in [0.15, 0.2) is 42.5 Å². The molecule has 0 saturated carbocycles. The molecule has 1 amide bonds. The van der Waals surface area contributed by atoms with Crippen LogP contribution in [0, 0.1) is 0 Å². The van der Waals surface area contributed by atoms with Crippen LogP contribution in [0.25, 0.3) is 0 Å². The molecular weight excluding hydrogens is 342 g/mol. The van der Waals surface area contributed by atoms with Crippen LogP contribution in [0.5, 0.6) is 11.5 Å². The Balaban J connectivity index is 1.46. The van der Waals surface area contributed by atoms with E-state index in [1.807, 2.05) is 23.1 Å². The normalized spacial score (nSPS) is 17.0. The summed E-state index contributed by atoms with van der Waals surface area (Å²) in [7, 11) is 1.66. The fourth-order valence-corrected chi connectivity index (χ4v) is 3.95. The molecule has 0 spiro atoms. The Morgan fingerprint density at radius 2 is 2.04 bits per heavy atom. The van der Waals surface area contributed by atoms with E-state index in [1.165, 1.54) is 11.1 Å². The number of benzene rings is 2. The minimum atomic E-state index is 0.173. The van der Waals surface area contributed by atoms with Crippen molar-refractivity contribution in [1.29, 1.82) is 0 Å². The minimum Gasteiger partial charge on any atom is -0.454 e. The number of methoxy groups -OCH3 is 1. The topological polar surface area (TPSA) is 48.0 Å². The van der Waals surface area contributed by atoms with Crippen LogP contribution < -0.4 is 9.47 Å². The Hall–Kier alpha value is -2.53. The van der Waals surface area contributed by atoms with Crippen molar-refractivity contribution in [3.8, 4) is 11.5 Å². The summed E-state index contributed by atoms with van der Waals surface area (Å²) in [5, 5.41) is 0. The molecule has 5 nitrogen and oxygen atoms in total. The highest BCUT2D eigenvalue weighted by molar-refractivity contribution is 5.77. The number of amides is 1. The summed E-state index contributed by atoms with van der Waals surface area (Å²) in [6.45, 7) is 1.91. The van der Waals surface area contributed by atoms with Gasteiger partial charge in [0.2, 0.25) is 12.7 Å². The number of hydrogen-bond donors (Lipinski definition) is 0. The van der Waals surface area contributed by atoms with E-state index in [1.54, 1.807) is 7.11 Å². The molecule has 0 N–H and O–H groups in total. The molecule has 5 heteroatoms. The summed E-state index contributed by atoms with van der Waals surface area (Å²) in [5.74, 6) is 1.99. The van der Waals surface area contributed by atoms with Crippen molar-refractivity contribution in [3.05, 3.63) is 59.2 Å². The summed E-state index contributed by atoms with van der Waals surface area (Å²) >= 11 is 0. The van der Waals surface area contributed by atoms with Crippen molar-refractivity contribution in [1.82, 2.24) is 4.90 Å². The van der Waals surface area contributed by atoms with Crippen molar-refractivity contribution in [2.75, 3.05) is 27.1 Å². The first-order valence-corrected chi connectivity index (χ1v) is 9.47. The van der Waals surface area contributed by atoms with E-state index < -0.39 is 0 Å². The van der Waals surface area contributed by atoms with E-state index in [9.17, 15) is 4.79 Å².